The number of H-pyrrole nitrogens is 1. The number of aromatic amines is 1. The van der Waals surface area contributed by atoms with Gasteiger partial charge in [-0.15, -0.1) is 0 Å². The van der Waals surface area contributed by atoms with Crippen molar-refractivity contribution in [3.8, 4) is 11.5 Å². The van der Waals surface area contributed by atoms with E-state index in [1.165, 1.54) is 0 Å². The Morgan fingerprint density at radius 1 is 1.33 bits per heavy atom. The van der Waals surface area contributed by atoms with E-state index in [1.54, 1.807) is 18.6 Å². The van der Waals surface area contributed by atoms with E-state index in [-0.39, 0.29) is 0 Å². The van der Waals surface area contributed by atoms with E-state index in [9.17, 15) is 0 Å². The molecule has 0 fully saturated rings. The van der Waals surface area contributed by atoms with Crippen LogP contribution in [0.15, 0.2) is 36.8 Å². The lowest BCUT2D eigenvalue weighted by atomic mass is 10.3. The Bertz CT molecular complexity index is 395. The monoisotopic (exact) mass is 206 g/mol. The summed E-state index contributed by atoms with van der Waals surface area (Å²) in [4.78, 5) is 20.0. The first kappa shape index (κ1) is 10.7. The van der Waals surface area contributed by atoms with Crippen LogP contribution in [0.3, 0.4) is 0 Å². The molecule has 4 N–H and O–H groups in total. The van der Waals surface area contributed by atoms with Crippen molar-refractivity contribution in [3.05, 3.63) is 36.8 Å². The van der Waals surface area contributed by atoms with E-state index >= 15 is 0 Å². The van der Waals surface area contributed by atoms with Gasteiger partial charge >= 0.3 is 6.09 Å². The van der Waals surface area contributed by atoms with Gasteiger partial charge in [0.1, 0.15) is 5.69 Å². The van der Waals surface area contributed by atoms with Crippen LogP contribution in [-0.2, 0) is 0 Å². The van der Waals surface area contributed by atoms with Crippen LogP contribution < -0.4 is 5.73 Å². The molecule has 1 amide bonds. The summed E-state index contributed by atoms with van der Waals surface area (Å²) in [6.45, 7) is 0. The van der Waals surface area contributed by atoms with Gasteiger partial charge in [-0.3, -0.25) is 4.98 Å². The zero-order chi connectivity index (χ0) is 11.1. The van der Waals surface area contributed by atoms with Crippen molar-refractivity contribution in [2.45, 2.75) is 0 Å². The molecule has 0 saturated carbocycles. The molecule has 0 saturated heterocycles. The summed E-state index contributed by atoms with van der Waals surface area (Å²) in [5.74, 6) is 0.811. The lowest BCUT2D eigenvalue weighted by molar-refractivity contribution is 0.205. The molecule has 15 heavy (non-hydrogen) atoms. The predicted octanol–water partition coefficient (Wildman–Crippen LogP) is 1.09. The molecule has 78 valence electrons. The molecule has 0 spiro atoms. The molecule has 2 heterocycles. The fourth-order valence-electron chi connectivity index (χ4n) is 0.908. The number of imidazole rings is 1. The maximum Gasteiger partial charge on any atom is 0.402 e. The van der Waals surface area contributed by atoms with Gasteiger partial charge in [0.2, 0.25) is 0 Å². The number of nitrogens with two attached hydrogens (primary N) is 1. The molecule has 6 heteroatoms. The summed E-state index contributed by atoms with van der Waals surface area (Å²) in [5, 5.41) is 7.19. The molecule has 0 bridgehead atoms. The molecule has 0 aliphatic rings. The number of hydrogen-bond acceptors (Lipinski definition) is 3. The minimum absolute atomic E-state index is 0.811. The predicted molar refractivity (Wildman–Crippen MR) is 54.0 cm³/mol. The van der Waals surface area contributed by atoms with Crippen LogP contribution in [0.4, 0.5) is 4.79 Å². The van der Waals surface area contributed by atoms with Gasteiger partial charge in [0.15, 0.2) is 5.82 Å². The highest BCUT2D eigenvalue weighted by Crippen LogP contribution is 2.08. The molecular formula is C9H10N4O2. The third-order valence-electron chi connectivity index (χ3n) is 1.41. The number of carboxylic acid groups (broad SMARTS) is 1. The Balaban J connectivity index is 0.000000245. The topological polar surface area (TPSA) is 105 Å². The lowest BCUT2D eigenvalue weighted by Crippen LogP contribution is -2.03. The average Bonchev–Trinajstić information content (AvgIpc) is 2.71. The zero-order valence-corrected chi connectivity index (χ0v) is 7.79. The number of aromatic nitrogens is 3. The van der Waals surface area contributed by atoms with E-state index < -0.39 is 6.09 Å². The van der Waals surface area contributed by atoms with E-state index in [0.717, 1.165) is 11.5 Å². The third kappa shape index (κ3) is 3.90. The number of amides is 1. The maximum absolute atomic E-state index is 8.78. The van der Waals surface area contributed by atoms with Crippen molar-refractivity contribution in [3.63, 3.8) is 0 Å². The molecule has 0 radical (unpaired) electrons. The maximum atomic E-state index is 8.78. The number of nitrogens with one attached hydrogen (secondary N) is 1. The lowest BCUT2D eigenvalue weighted by Gasteiger charge is -1.91. The summed E-state index contributed by atoms with van der Waals surface area (Å²) in [6.07, 6.45) is 3.91. The van der Waals surface area contributed by atoms with Gasteiger partial charge in [-0.05, 0) is 12.1 Å². The molecule has 2 rings (SSSR count). The Morgan fingerprint density at radius 2 is 2.07 bits per heavy atom. The Kier molecular flexibility index (Phi) is 3.84. The van der Waals surface area contributed by atoms with Crippen molar-refractivity contribution in [2.24, 2.45) is 5.73 Å². The van der Waals surface area contributed by atoms with Crippen molar-refractivity contribution in [1.82, 2.24) is 15.0 Å². The minimum Gasteiger partial charge on any atom is -0.465 e. The highest BCUT2D eigenvalue weighted by atomic mass is 16.4. The quantitative estimate of drug-likeness (QED) is 0.649. The molecular weight excluding hydrogens is 196 g/mol. The average molecular weight is 206 g/mol. The van der Waals surface area contributed by atoms with Crippen LogP contribution in [0.2, 0.25) is 0 Å². The number of primary amides is 1. The Hall–Kier alpha value is -2.37. The van der Waals surface area contributed by atoms with Gasteiger partial charge in [0, 0.05) is 18.6 Å². The number of nitrogens with zero attached hydrogens (tertiary/aromatic N) is 2. The zero-order valence-electron chi connectivity index (χ0n) is 7.79. The van der Waals surface area contributed by atoms with Gasteiger partial charge in [-0.25, -0.2) is 9.78 Å². The van der Waals surface area contributed by atoms with Crippen molar-refractivity contribution in [2.75, 3.05) is 0 Å². The molecule has 0 atom stereocenters. The fraction of sp³-hybridized carbons (Fsp3) is 0. The minimum atomic E-state index is -1.33. The Labute approximate surface area is 85.8 Å². The van der Waals surface area contributed by atoms with E-state index in [4.69, 9.17) is 9.90 Å². The van der Waals surface area contributed by atoms with Crippen molar-refractivity contribution < 1.29 is 9.90 Å². The molecule has 2 aromatic rings. The molecule has 6 nitrogen and oxygen atoms in total. The van der Waals surface area contributed by atoms with Crippen LogP contribution in [0.5, 0.6) is 0 Å². The van der Waals surface area contributed by atoms with Gasteiger partial charge in [0.05, 0.1) is 0 Å². The molecule has 0 aromatic carbocycles. The number of pyridine rings is 1. The summed E-state index contributed by atoms with van der Waals surface area (Å²) >= 11 is 0. The van der Waals surface area contributed by atoms with Gasteiger partial charge in [0.25, 0.3) is 0 Å². The van der Waals surface area contributed by atoms with Crippen molar-refractivity contribution in [1.29, 1.82) is 0 Å². The van der Waals surface area contributed by atoms with Gasteiger partial charge in [-0.1, -0.05) is 6.07 Å². The van der Waals surface area contributed by atoms with E-state index in [2.05, 4.69) is 20.7 Å². The van der Waals surface area contributed by atoms with Gasteiger partial charge < -0.3 is 15.8 Å². The summed E-state index contributed by atoms with van der Waals surface area (Å²) in [7, 11) is 0. The number of rotatable bonds is 1. The first-order chi connectivity index (χ1) is 7.20. The second-order valence-corrected chi connectivity index (χ2v) is 2.49. The molecule has 2 aromatic heterocycles. The van der Waals surface area contributed by atoms with Crippen LogP contribution in [0, 0.1) is 0 Å². The van der Waals surface area contributed by atoms with Crippen LogP contribution in [0.1, 0.15) is 0 Å². The molecule has 0 aliphatic heterocycles. The Morgan fingerprint density at radius 3 is 2.53 bits per heavy atom. The molecule has 0 aliphatic carbocycles. The number of hydrogen-bond donors (Lipinski definition) is 3. The fourth-order valence-corrected chi connectivity index (χ4v) is 0.908. The standard InChI is InChI=1S/C8H7N3.CH3NO2/c1-2-4-9-7(3-1)8-10-5-6-11-8;2-1(3)4/h1-6H,(H,10,11);2H2,(H,3,4). The first-order valence-electron chi connectivity index (χ1n) is 4.09. The van der Waals surface area contributed by atoms with Crippen LogP contribution in [-0.4, -0.2) is 26.2 Å². The summed E-state index contributed by atoms with van der Waals surface area (Å²) < 4.78 is 0. The second kappa shape index (κ2) is 5.38. The summed E-state index contributed by atoms with van der Waals surface area (Å²) in [5.41, 5.74) is 4.90. The summed E-state index contributed by atoms with van der Waals surface area (Å²) in [6, 6.07) is 5.73. The first-order valence-corrected chi connectivity index (χ1v) is 4.09. The van der Waals surface area contributed by atoms with Gasteiger partial charge in [-0.2, -0.15) is 0 Å². The molecule has 0 unspecified atom stereocenters. The van der Waals surface area contributed by atoms with E-state index in [0.29, 0.717) is 0 Å². The normalized spacial score (nSPS) is 8.80. The highest BCUT2D eigenvalue weighted by Gasteiger charge is 1.96. The number of carbonyl (C=O) groups is 1. The second-order valence-electron chi connectivity index (χ2n) is 2.49. The third-order valence-corrected chi connectivity index (χ3v) is 1.41. The smallest absolute Gasteiger partial charge is 0.402 e. The van der Waals surface area contributed by atoms with Crippen LogP contribution in [0.25, 0.3) is 11.5 Å². The van der Waals surface area contributed by atoms with Crippen LogP contribution >= 0.6 is 0 Å². The van der Waals surface area contributed by atoms with E-state index in [1.807, 2.05) is 18.2 Å². The highest BCUT2D eigenvalue weighted by molar-refractivity contribution is 5.61. The largest absolute Gasteiger partial charge is 0.465 e. The van der Waals surface area contributed by atoms with Crippen molar-refractivity contribution >= 4 is 6.09 Å². The SMILES string of the molecule is NC(=O)O.c1ccc(-c2ncc[nH]2)nc1.